The third kappa shape index (κ3) is 3.60. The fourth-order valence-electron chi connectivity index (χ4n) is 3.86. The molecule has 1 aromatic heterocycles. The highest BCUT2D eigenvalue weighted by atomic mass is 16.7. The van der Waals surface area contributed by atoms with Crippen LogP contribution >= 0.6 is 0 Å². The van der Waals surface area contributed by atoms with Crippen molar-refractivity contribution in [2.75, 3.05) is 25.3 Å². The number of rotatable bonds is 6. The number of aromatic nitrogens is 2. The van der Waals surface area contributed by atoms with Crippen molar-refractivity contribution in [2.24, 2.45) is 0 Å². The Kier molecular flexibility index (Phi) is 4.71. The molecule has 3 heterocycles. The van der Waals surface area contributed by atoms with Crippen LogP contribution in [0.1, 0.15) is 30.4 Å². The van der Waals surface area contributed by atoms with Crippen LogP contribution in [0.5, 0.6) is 11.5 Å². The summed E-state index contributed by atoms with van der Waals surface area (Å²) in [5.41, 5.74) is 3.35. The number of nitrogens with one attached hydrogen (secondary N) is 1. The van der Waals surface area contributed by atoms with Crippen molar-refractivity contribution >= 4 is 16.7 Å². The Labute approximate surface area is 163 Å². The normalized spacial score (nSPS) is 17.9. The van der Waals surface area contributed by atoms with Crippen molar-refractivity contribution in [3.63, 3.8) is 0 Å². The molecule has 0 radical (unpaired) electrons. The molecule has 6 nitrogen and oxygen atoms in total. The van der Waals surface area contributed by atoms with Crippen LogP contribution in [0, 0.1) is 0 Å². The molecule has 2 aromatic carbocycles. The molecule has 1 saturated heterocycles. The lowest BCUT2D eigenvalue weighted by Crippen LogP contribution is -2.13. The molecule has 1 atom stereocenters. The van der Waals surface area contributed by atoms with Crippen molar-refractivity contribution in [2.45, 2.75) is 31.8 Å². The molecular weight excluding hydrogens is 354 g/mol. The van der Waals surface area contributed by atoms with E-state index in [0.29, 0.717) is 12.9 Å². The third-order valence-corrected chi connectivity index (χ3v) is 5.33. The molecule has 0 aliphatic carbocycles. The van der Waals surface area contributed by atoms with E-state index in [1.54, 1.807) is 6.33 Å². The van der Waals surface area contributed by atoms with E-state index in [0.717, 1.165) is 60.6 Å². The van der Waals surface area contributed by atoms with Crippen molar-refractivity contribution in [1.29, 1.82) is 0 Å². The first-order valence-electron chi connectivity index (χ1n) is 9.83. The van der Waals surface area contributed by atoms with Crippen molar-refractivity contribution in [3.8, 4) is 11.5 Å². The van der Waals surface area contributed by atoms with Gasteiger partial charge in [-0.25, -0.2) is 9.97 Å². The number of fused-ring (bicyclic) bond motifs is 2. The smallest absolute Gasteiger partial charge is 0.231 e. The lowest BCUT2D eigenvalue weighted by atomic mass is 10.0. The highest BCUT2D eigenvalue weighted by Crippen LogP contribution is 2.33. The molecule has 1 N–H and O–H groups in total. The molecule has 6 heteroatoms. The highest BCUT2D eigenvalue weighted by Gasteiger charge is 2.16. The van der Waals surface area contributed by atoms with Gasteiger partial charge in [-0.2, -0.15) is 0 Å². The van der Waals surface area contributed by atoms with Crippen LogP contribution in [0.4, 0.5) is 5.82 Å². The number of ether oxygens (including phenoxy) is 3. The molecule has 144 valence electrons. The van der Waals surface area contributed by atoms with Gasteiger partial charge < -0.3 is 19.5 Å². The van der Waals surface area contributed by atoms with Crippen LogP contribution in [-0.2, 0) is 11.2 Å². The average Bonchev–Trinajstić information content (AvgIpc) is 3.40. The summed E-state index contributed by atoms with van der Waals surface area (Å²) in [6, 6.07) is 12.5. The van der Waals surface area contributed by atoms with E-state index >= 15 is 0 Å². The largest absolute Gasteiger partial charge is 0.454 e. The second-order valence-electron chi connectivity index (χ2n) is 7.29. The summed E-state index contributed by atoms with van der Waals surface area (Å²) < 4.78 is 16.6. The van der Waals surface area contributed by atoms with Crippen molar-refractivity contribution < 1.29 is 14.2 Å². The van der Waals surface area contributed by atoms with E-state index < -0.39 is 0 Å². The van der Waals surface area contributed by atoms with Gasteiger partial charge in [0.15, 0.2) is 11.5 Å². The minimum Gasteiger partial charge on any atom is -0.454 e. The summed E-state index contributed by atoms with van der Waals surface area (Å²) in [6.45, 7) is 2.04. The predicted molar refractivity (Wildman–Crippen MR) is 107 cm³/mol. The first kappa shape index (κ1) is 17.3. The average molecular weight is 377 g/mol. The minimum atomic E-state index is 0.299. The summed E-state index contributed by atoms with van der Waals surface area (Å²) in [4.78, 5) is 8.88. The Hall–Kier alpha value is -2.86. The summed E-state index contributed by atoms with van der Waals surface area (Å²) in [5, 5.41) is 4.52. The van der Waals surface area contributed by atoms with Crippen LogP contribution in [-0.4, -0.2) is 36.0 Å². The van der Waals surface area contributed by atoms with E-state index in [-0.39, 0.29) is 0 Å². The molecule has 0 saturated carbocycles. The summed E-state index contributed by atoms with van der Waals surface area (Å²) in [6.07, 6.45) is 6.14. The molecular formula is C22H23N3O3. The molecule has 28 heavy (non-hydrogen) atoms. The van der Waals surface area contributed by atoms with Crippen LogP contribution in [0.15, 0.2) is 42.7 Å². The van der Waals surface area contributed by atoms with Crippen LogP contribution in [0.25, 0.3) is 10.9 Å². The van der Waals surface area contributed by atoms with E-state index in [2.05, 4.69) is 45.6 Å². The number of hydrogen-bond acceptors (Lipinski definition) is 6. The summed E-state index contributed by atoms with van der Waals surface area (Å²) in [7, 11) is 0. The lowest BCUT2D eigenvalue weighted by molar-refractivity contribution is 0.107. The molecule has 0 amide bonds. The van der Waals surface area contributed by atoms with Crippen LogP contribution in [0.3, 0.4) is 0 Å². The van der Waals surface area contributed by atoms with Gasteiger partial charge in [-0.3, -0.25) is 0 Å². The molecule has 1 unspecified atom stereocenters. The number of nitrogens with zero attached hydrogens (tertiary/aromatic N) is 2. The van der Waals surface area contributed by atoms with Gasteiger partial charge >= 0.3 is 0 Å². The maximum Gasteiger partial charge on any atom is 0.231 e. The van der Waals surface area contributed by atoms with E-state index in [9.17, 15) is 0 Å². The number of hydrogen-bond donors (Lipinski definition) is 1. The zero-order valence-corrected chi connectivity index (χ0v) is 15.7. The Morgan fingerprint density at radius 1 is 1.00 bits per heavy atom. The van der Waals surface area contributed by atoms with Gasteiger partial charge in [-0.15, -0.1) is 0 Å². The zero-order chi connectivity index (χ0) is 18.8. The van der Waals surface area contributed by atoms with Gasteiger partial charge in [0.05, 0.1) is 11.6 Å². The standard InChI is InChI=1S/C22H23N3O3/c1-2-17(26-9-1)7-8-23-22-18-11-15(3-5-19(18)24-13-25-22)10-16-4-6-20-21(12-16)28-14-27-20/h3-6,11-13,17H,1-2,7-10,14H2,(H,23,24,25). The SMILES string of the molecule is c1nc(NCCC2CCCO2)c2cc(Cc3ccc4c(c3)OCO4)ccc2n1. The first-order valence-corrected chi connectivity index (χ1v) is 9.83. The van der Waals surface area contributed by atoms with Gasteiger partial charge in [0.25, 0.3) is 0 Å². The van der Waals surface area contributed by atoms with E-state index in [1.807, 2.05) is 6.07 Å². The molecule has 2 aliphatic heterocycles. The second-order valence-corrected chi connectivity index (χ2v) is 7.29. The Balaban J connectivity index is 1.34. The van der Waals surface area contributed by atoms with Crippen molar-refractivity contribution in [1.82, 2.24) is 9.97 Å². The molecule has 0 bridgehead atoms. The van der Waals surface area contributed by atoms with Gasteiger partial charge in [0.1, 0.15) is 12.1 Å². The second kappa shape index (κ2) is 7.64. The summed E-state index contributed by atoms with van der Waals surface area (Å²) >= 11 is 0. The van der Waals surface area contributed by atoms with Crippen LogP contribution in [0.2, 0.25) is 0 Å². The lowest BCUT2D eigenvalue weighted by Gasteiger charge is -2.12. The maximum atomic E-state index is 5.70. The Morgan fingerprint density at radius 2 is 1.89 bits per heavy atom. The Bertz CT molecular complexity index is 986. The predicted octanol–water partition coefficient (Wildman–Crippen LogP) is 3.93. The van der Waals surface area contributed by atoms with Gasteiger partial charge in [-0.1, -0.05) is 12.1 Å². The van der Waals surface area contributed by atoms with Gasteiger partial charge in [0, 0.05) is 18.5 Å². The fourth-order valence-corrected chi connectivity index (χ4v) is 3.86. The maximum absolute atomic E-state index is 5.70. The topological polar surface area (TPSA) is 65.5 Å². The monoisotopic (exact) mass is 377 g/mol. The molecule has 3 aromatic rings. The van der Waals surface area contributed by atoms with E-state index in [4.69, 9.17) is 14.2 Å². The third-order valence-electron chi connectivity index (χ3n) is 5.33. The quantitative estimate of drug-likeness (QED) is 0.702. The minimum absolute atomic E-state index is 0.299. The molecule has 2 aliphatic rings. The molecule has 1 fully saturated rings. The summed E-state index contributed by atoms with van der Waals surface area (Å²) in [5.74, 6) is 2.52. The van der Waals surface area contributed by atoms with Gasteiger partial charge in [-0.05, 0) is 61.1 Å². The fraction of sp³-hybridized carbons (Fsp3) is 0.364. The first-order chi connectivity index (χ1) is 13.8. The van der Waals surface area contributed by atoms with Gasteiger partial charge in [0.2, 0.25) is 6.79 Å². The number of anilines is 1. The van der Waals surface area contributed by atoms with Crippen LogP contribution < -0.4 is 14.8 Å². The van der Waals surface area contributed by atoms with Crippen molar-refractivity contribution in [3.05, 3.63) is 53.9 Å². The molecule has 5 rings (SSSR count). The van der Waals surface area contributed by atoms with E-state index in [1.165, 1.54) is 17.5 Å². The highest BCUT2D eigenvalue weighted by molar-refractivity contribution is 5.89. The zero-order valence-electron chi connectivity index (χ0n) is 15.7. The molecule has 0 spiro atoms. The Morgan fingerprint density at radius 3 is 2.82 bits per heavy atom. The number of benzene rings is 2.